The Morgan fingerprint density at radius 1 is 1.17 bits per heavy atom. The first-order valence-corrected chi connectivity index (χ1v) is 6.00. The first-order chi connectivity index (χ1) is 5.79. The lowest BCUT2D eigenvalue weighted by Gasteiger charge is -1.96. The smallest absolute Gasteiger partial charge is 0.0474 e. The van der Waals surface area contributed by atoms with E-state index in [1.54, 1.807) is 0 Å². The molecule has 0 saturated heterocycles. The molecule has 0 unspecified atom stereocenters. The summed E-state index contributed by atoms with van der Waals surface area (Å²) in [6.45, 7) is 0. The van der Waals surface area contributed by atoms with Gasteiger partial charge in [0.25, 0.3) is 0 Å². The highest BCUT2D eigenvalue weighted by atomic mass is 127. The number of benzene rings is 1. The van der Waals surface area contributed by atoms with Gasteiger partial charge in [-0.15, -0.1) is 0 Å². The van der Waals surface area contributed by atoms with Gasteiger partial charge in [-0.05, 0) is 63.6 Å². The van der Waals surface area contributed by atoms with Crippen LogP contribution in [-0.2, 0) is 6.42 Å². The van der Waals surface area contributed by atoms with Crippen molar-refractivity contribution in [3.05, 3.63) is 43.6 Å². The minimum atomic E-state index is 1.14. The lowest BCUT2D eigenvalue weighted by molar-refractivity contribution is 1.00. The van der Waals surface area contributed by atoms with Crippen molar-refractivity contribution in [1.29, 1.82) is 0 Å². The summed E-state index contributed by atoms with van der Waals surface area (Å²) in [5.41, 5.74) is 1.42. The number of allylic oxidation sites excluding steroid dienone is 1. The van der Waals surface area contributed by atoms with Crippen LogP contribution in [0.4, 0.5) is 0 Å². The Balaban J connectivity index is 2.39. The van der Waals surface area contributed by atoms with Crippen LogP contribution >= 0.6 is 45.2 Å². The summed E-state index contributed by atoms with van der Waals surface area (Å²) in [5, 5.41) is 0. The molecule has 0 spiro atoms. The van der Waals surface area contributed by atoms with Gasteiger partial charge < -0.3 is 0 Å². The first kappa shape index (κ1) is 10.5. The summed E-state index contributed by atoms with van der Waals surface area (Å²) in [5.74, 6) is 0. The normalized spacial score (nSPS) is 9.50. The van der Waals surface area contributed by atoms with Crippen molar-refractivity contribution >= 4 is 45.2 Å². The summed E-state index contributed by atoms with van der Waals surface area (Å²) < 4.78 is 1.35. The van der Waals surface area contributed by atoms with Crippen molar-refractivity contribution in [2.24, 2.45) is 0 Å². The van der Waals surface area contributed by atoms with E-state index in [1.807, 2.05) is 0 Å². The zero-order valence-electron chi connectivity index (χ0n) is 6.63. The van der Waals surface area contributed by atoms with Gasteiger partial charge in [0, 0.05) is 1.59 Å². The van der Waals surface area contributed by atoms with Gasteiger partial charge in [-0.3, -0.25) is 0 Å². The van der Waals surface area contributed by atoms with E-state index < -0.39 is 0 Å². The lowest BCUT2D eigenvalue weighted by atomic mass is 10.1. The lowest BCUT2D eigenvalue weighted by Crippen LogP contribution is -1.80. The molecule has 2 heteroatoms. The molecule has 1 aromatic rings. The minimum Gasteiger partial charge on any atom is -0.0646 e. The highest BCUT2D eigenvalue weighted by Gasteiger charge is 1.88. The van der Waals surface area contributed by atoms with Crippen molar-refractivity contribution in [3.63, 3.8) is 0 Å². The van der Waals surface area contributed by atoms with Crippen LogP contribution in [0.25, 0.3) is 0 Å². The van der Waals surface area contributed by atoms with E-state index in [0.29, 0.717) is 0 Å². The molecule has 0 aliphatic rings. The average molecular weight is 384 g/mol. The monoisotopic (exact) mass is 384 g/mol. The van der Waals surface area contributed by atoms with Crippen LogP contribution in [-0.4, -0.2) is 0 Å². The Hall–Kier alpha value is 0.420. The molecule has 0 aliphatic carbocycles. The van der Waals surface area contributed by atoms with Gasteiger partial charge in [-0.1, -0.05) is 36.4 Å². The zero-order valence-corrected chi connectivity index (χ0v) is 10.9. The van der Waals surface area contributed by atoms with E-state index in [9.17, 15) is 0 Å². The predicted octanol–water partition coefficient (Wildman–Crippen LogP) is 4.33. The number of rotatable bonds is 3. The third-order valence-electron chi connectivity index (χ3n) is 1.57. The third-order valence-corrected chi connectivity index (χ3v) is 2.46. The van der Waals surface area contributed by atoms with E-state index in [1.165, 1.54) is 7.15 Å². The van der Waals surface area contributed by atoms with Gasteiger partial charge in [0.2, 0.25) is 0 Å². The van der Waals surface area contributed by atoms with Crippen molar-refractivity contribution in [2.45, 2.75) is 12.8 Å². The molecular weight excluding hydrogens is 374 g/mol. The summed E-state index contributed by atoms with van der Waals surface area (Å²) >= 11 is 4.67. The quantitative estimate of drug-likeness (QED) is 0.681. The second-order valence-corrected chi connectivity index (χ2v) is 6.91. The van der Waals surface area contributed by atoms with E-state index in [4.69, 9.17) is 0 Å². The molecular formula is C10H10I2. The van der Waals surface area contributed by atoms with Gasteiger partial charge >= 0.3 is 0 Å². The van der Waals surface area contributed by atoms with Crippen molar-refractivity contribution < 1.29 is 0 Å². The molecule has 0 N–H and O–H groups in total. The van der Waals surface area contributed by atoms with Crippen LogP contribution in [0.15, 0.2) is 38.0 Å². The highest BCUT2D eigenvalue weighted by molar-refractivity contribution is 14.2. The molecule has 0 bridgehead atoms. The molecule has 0 fully saturated rings. The fourth-order valence-electron chi connectivity index (χ4n) is 0.993. The van der Waals surface area contributed by atoms with Crippen LogP contribution in [0.2, 0.25) is 0 Å². The maximum atomic E-state index is 2.33. The Bertz CT molecular complexity index is 248. The summed E-state index contributed by atoms with van der Waals surface area (Å²) in [4.78, 5) is 0. The molecule has 0 aromatic heterocycles. The van der Waals surface area contributed by atoms with Gasteiger partial charge in [-0.2, -0.15) is 0 Å². The molecule has 12 heavy (non-hydrogen) atoms. The van der Waals surface area contributed by atoms with Gasteiger partial charge in [-0.25, -0.2) is 0 Å². The molecule has 0 atom stereocenters. The molecule has 0 nitrogen and oxygen atoms in total. The molecule has 64 valence electrons. The Kier molecular flexibility index (Phi) is 5.22. The van der Waals surface area contributed by atoms with Crippen LogP contribution < -0.4 is 0 Å². The molecule has 0 radical (unpaired) electrons. The molecule has 0 heterocycles. The topological polar surface area (TPSA) is 0 Å². The standard InChI is InChI=1S/C10H10I2/c11-10(12)8-4-7-9-5-2-1-3-6-9/h1-3,5-6,8H,4,7H2. The van der Waals surface area contributed by atoms with Crippen molar-refractivity contribution in [3.8, 4) is 0 Å². The van der Waals surface area contributed by atoms with E-state index >= 15 is 0 Å². The molecule has 1 rings (SSSR count). The minimum absolute atomic E-state index is 1.14. The van der Waals surface area contributed by atoms with Crippen LogP contribution in [0.5, 0.6) is 0 Å². The Morgan fingerprint density at radius 2 is 1.83 bits per heavy atom. The number of hydrogen-bond donors (Lipinski definition) is 0. The predicted molar refractivity (Wildman–Crippen MR) is 70.9 cm³/mol. The number of aryl methyl sites for hydroxylation is 1. The summed E-state index contributed by atoms with van der Waals surface area (Å²) in [6.07, 6.45) is 4.55. The van der Waals surface area contributed by atoms with Crippen LogP contribution in [0.3, 0.4) is 0 Å². The fourth-order valence-corrected chi connectivity index (χ4v) is 1.62. The van der Waals surface area contributed by atoms with Gasteiger partial charge in [0.1, 0.15) is 0 Å². The van der Waals surface area contributed by atoms with Crippen LogP contribution in [0.1, 0.15) is 12.0 Å². The van der Waals surface area contributed by atoms with Gasteiger partial charge in [0.15, 0.2) is 0 Å². The second-order valence-electron chi connectivity index (χ2n) is 2.52. The number of hydrogen-bond acceptors (Lipinski definition) is 0. The van der Waals surface area contributed by atoms with Crippen molar-refractivity contribution in [2.75, 3.05) is 0 Å². The zero-order chi connectivity index (χ0) is 8.81. The summed E-state index contributed by atoms with van der Waals surface area (Å²) in [6, 6.07) is 10.6. The Labute approximate surface area is 101 Å². The average Bonchev–Trinajstić information content (AvgIpc) is 2.05. The molecule has 1 aromatic carbocycles. The largest absolute Gasteiger partial charge is 0.0646 e. The van der Waals surface area contributed by atoms with E-state index in [0.717, 1.165) is 12.8 Å². The van der Waals surface area contributed by atoms with E-state index in [2.05, 4.69) is 81.6 Å². The van der Waals surface area contributed by atoms with Gasteiger partial charge in [0.05, 0.1) is 0 Å². The maximum Gasteiger partial charge on any atom is 0.0474 e. The van der Waals surface area contributed by atoms with Crippen LogP contribution in [0, 0.1) is 0 Å². The maximum absolute atomic E-state index is 2.33. The van der Waals surface area contributed by atoms with Crippen molar-refractivity contribution in [1.82, 2.24) is 0 Å². The highest BCUT2D eigenvalue weighted by Crippen LogP contribution is 2.16. The SMILES string of the molecule is IC(I)=CCCc1ccccc1. The van der Waals surface area contributed by atoms with E-state index in [-0.39, 0.29) is 0 Å². The Morgan fingerprint density at radius 3 is 2.42 bits per heavy atom. The second kappa shape index (κ2) is 5.96. The molecule has 0 aliphatic heterocycles. The number of halogens is 2. The fraction of sp³-hybridized carbons (Fsp3) is 0.200. The summed E-state index contributed by atoms with van der Waals surface area (Å²) in [7, 11) is 0. The third kappa shape index (κ3) is 4.45. The first-order valence-electron chi connectivity index (χ1n) is 3.84. The molecule has 0 saturated carbocycles. The molecule has 0 amide bonds.